The number of esters is 1. The third-order valence-electron chi connectivity index (χ3n) is 6.23. The van der Waals surface area contributed by atoms with Gasteiger partial charge in [0.15, 0.2) is 0 Å². The molecule has 0 aliphatic carbocycles. The molecule has 0 atom stereocenters. The van der Waals surface area contributed by atoms with E-state index < -0.39 is 16.0 Å². The summed E-state index contributed by atoms with van der Waals surface area (Å²) in [6, 6.07) is 13.5. The van der Waals surface area contributed by atoms with Crippen LogP contribution in [0.2, 0.25) is 0 Å². The molecule has 2 N–H and O–H groups in total. The van der Waals surface area contributed by atoms with E-state index in [4.69, 9.17) is 14.9 Å². The van der Waals surface area contributed by atoms with E-state index in [2.05, 4.69) is 4.98 Å². The van der Waals surface area contributed by atoms with Crippen LogP contribution in [0.1, 0.15) is 34.4 Å². The Kier molecular flexibility index (Phi) is 6.38. The Labute approximate surface area is 222 Å². The molecule has 0 bridgehead atoms. The molecule has 0 saturated carbocycles. The highest BCUT2D eigenvalue weighted by atomic mass is 32.2. The number of nitrogens with zero attached hydrogens (tertiary/aromatic N) is 3. The van der Waals surface area contributed by atoms with E-state index in [9.17, 15) is 18.0 Å². The molecule has 0 aliphatic heterocycles. The number of carbonyl (C=O) groups excluding carboxylic acids is 1. The maximum Gasteiger partial charge on any atom is 0.340 e. The number of carbonyl (C=O) groups is 1. The predicted molar refractivity (Wildman–Crippen MR) is 147 cm³/mol. The van der Waals surface area contributed by atoms with Crippen LogP contribution in [0.25, 0.3) is 37.2 Å². The van der Waals surface area contributed by atoms with E-state index in [1.807, 2.05) is 31.2 Å². The van der Waals surface area contributed by atoms with Crippen LogP contribution in [0.3, 0.4) is 0 Å². The van der Waals surface area contributed by atoms with Gasteiger partial charge in [0.1, 0.15) is 15.4 Å². The third kappa shape index (κ3) is 4.28. The van der Waals surface area contributed by atoms with Crippen LogP contribution in [-0.2, 0) is 14.8 Å². The van der Waals surface area contributed by atoms with Crippen molar-refractivity contribution in [2.45, 2.75) is 32.6 Å². The summed E-state index contributed by atoms with van der Waals surface area (Å²) in [5.41, 5.74) is 3.87. The minimum atomic E-state index is -3.87. The number of pyridine rings is 1. The third-order valence-corrected chi connectivity index (χ3v) is 8.22. The van der Waals surface area contributed by atoms with E-state index in [1.54, 1.807) is 20.8 Å². The lowest BCUT2D eigenvalue weighted by Crippen LogP contribution is -2.21. The van der Waals surface area contributed by atoms with Crippen molar-refractivity contribution >= 4 is 47.8 Å². The van der Waals surface area contributed by atoms with Crippen LogP contribution < -0.4 is 10.7 Å². The van der Waals surface area contributed by atoms with Crippen molar-refractivity contribution in [3.8, 4) is 16.8 Å². The number of sulfonamides is 1. The number of benzene rings is 2. The summed E-state index contributed by atoms with van der Waals surface area (Å²) in [7, 11) is -3.87. The van der Waals surface area contributed by atoms with Crippen molar-refractivity contribution in [3.05, 3.63) is 81.5 Å². The van der Waals surface area contributed by atoms with Gasteiger partial charge in [-0.3, -0.25) is 9.36 Å². The second-order valence-electron chi connectivity index (χ2n) is 8.83. The van der Waals surface area contributed by atoms with Gasteiger partial charge in [0, 0.05) is 10.9 Å². The molecular weight excluding hydrogens is 524 g/mol. The first-order chi connectivity index (χ1) is 18.0. The lowest BCUT2D eigenvalue weighted by atomic mass is 9.95. The van der Waals surface area contributed by atoms with Gasteiger partial charge in [-0.15, -0.1) is 11.3 Å². The molecule has 9 nitrogen and oxygen atoms in total. The smallest absolute Gasteiger partial charge is 0.340 e. The minimum absolute atomic E-state index is 0.0586. The molecule has 3 heterocycles. The van der Waals surface area contributed by atoms with Gasteiger partial charge in [0.25, 0.3) is 5.56 Å². The minimum Gasteiger partial charge on any atom is -0.462 e. The fourth-order valence-electron chi connectivity index (χ4n) is 4.49. The molecule has 3 aromatic heterocycles. The molecule has 2 aromatic carbocycles. The summed E-state index contributed by atoms with van der Waals surface area (Å²) in [4.78, 5) is 36.9. The molecule has 5 aromatic rings. The molecule has 0 amide bonds. The van der Waals surface area contributed by atoms with Gasteiger partial charge in [0.05, 0.1) is 34.0 Å². The van der Waals surface area contributed by atoms with Crippen molar-refractivity contribution in [1.82, 2.24) is 14.5 Å². The van der Waals surface area contributed by atoms with E-state index in [0.717, 1.165) is 11.1 Å². The molecule has 0 aliphatic rings. The fraction of sp³-hybridized carbons (Fsp3) is 0.185. The number of hydrogen-bond acceptors (Lipinski definition) is 8. The summed E-state index contributed by atoms with van der Waals surface area (Å²) in [5, 5.41) is 5.82. The summed E-state index contributed by atoms with van der Waals surface area (Å²) in [6.45, 7) is 7.37. The number of aromatic nitrogens is 3. The molecular formula is C27H24N4O5S2. The van der Waals surface area contributed by atoms with Crippen LogP contribution in [0.4, 0.5) is 0 Å². The second-order valence-corrected chi connectivity index (χ2v) is 11.4. The van der Waals surface area contributed by atoms with Gasteiger partial charge in [0.2, 0.25) is 10.0 Å². The SMILES string of the molecule is CCOC(=O)c1c(C)nc2sc3c(=O)n(-c4ccc(S(N)(=O)=O)cc4)c(C)nc3c2c1-c1ccc(C)cc1. The molecule has 0 spiro atoms. The van der Waals surface area contributed by atoms with Crippen LogP contribution in [0, 0.1) is 20.8 Å². The van der Waals surface area contributed by atoms with Crippen molar-refractivity contribution in [1.29, 1.82) is 0 Å². The first-order valence-electron chi connectivity index (χ1n) is 11.7. The highest BCUT2D eigenvalue weighted by Crippen LogP contribution is 2.40. The molecule has 0 saturated heterocycles. The molecule has 194 valence electrons. The van der Waals surface area contributed by atoms with Crippen LogP contribution in [0.5, 0.6) is 0 Å². The average molecular weight is 549 g/mol. The Balaban J connectivity index is 1.85. The number of aryl methyl sites for hydroxylation is 3. The molecule has 38 heavy (non-hydrogen) atoms. The van der Waals surface area contributed by atoms with Crippen molar-refractivity contribution in [2.24, 2.45) is 5.14 Å². The maximum atomic E-state index is 13.8. The summed E-state index contributed by atoms with van der Waals surface area (Å²) in [5.74, 6) is -0.104. The largest absolute Gasteiger partial charge is 0.462 e. The van der Waals surface area contributed by atoms with Gasteiger partial charge >= 0.3 is 5.97 Å². The quantitative estimate of drug-likeness (QED) is 0.322. The van der Waals surface area contributed by atoms with Crippen molar-refractivity contribution in [3.63, 3.8) is 0 Å². The van der Waals surface area contributed by atoms with E-state index in [-0.39, 0.29) is 17.1 Å². The summed E-state index contributed by atoms with van der Waals surface area (Å²) in [6.07, 6.45) is 0. The zero-order chi connectivity index (χ0) is 27.4. The van der Waals surface area contributed by atoms with Gasteiger partial charge < -0.3 is 4.74 Å². The van der Waals surface area contributed by atoms with Gasteiger partial charge in [-0.2, -0.15) is 0 Å². The Bertz CT molecular complexity index is 1910. The van der Waals surface area contributed by atoms with Gasteiger partial charge in [-0.1, -0.05) is 29.8 Å². The number of ether oxygens (including phenoxy) is 1. The van der Waals surface area contributed by atoms with Crippen LogP contribution >= 0.6 is 11.3 Å². The zero-order valence-electron chi connectivity index (χ0n) is 21.1. The van der Waals surface area contributed by atoms with E-state index in [1.165, 1.54) is 40.2 Å². The summed E-state index contributed by atoms with van der Waals surface area (Å²) >= 11 is 1.20. The van der Waals surface area contributed by atoms with Crippen molar-refractivity contribution in [2.75, 3.05) is 6.61 Å². The lowest BCUT2D eigenvalue weighted by Gasteiger charge is -2.14. The van der Waals surface area contributed by atoms with E-state index >= 15 is 0 Å². The molecule has 0 radical (unpaired) electrons. The Morgan fingerprint density at radius 3 is 2.29 bits per heavy atom. The number of rotatable bonds is 5. The lowest BCUT2D eigenvalue weighted by molar-refractivity contribution is 0.0526. The predicted octanol–water partition coefficient (Wildman–Crippen LogP) is 4.41. The number of nitrogens with two attached hydrogens (primary N) is 1. The molecule has 0 fully saturated rings. The fourth-order valence-corrected chi connectivity index (χ4v) is 6.11. The topological polar surface area (TPSA) is 134 Å². The highest BCUT2D eigenvalue weighted by Gasteiger charge is 2.26. The second kappa shape index (κ2) is 9.43. The van der Waals surface area contributed by atoms with Crippen LogP contribution in [-0.4, -0.2) is 35.5 Å². The summed E-state index contributed by atoms with van der Waals surface area (Å²) < 4.78 is 30.5. The normalized spacial score (nSPS) is 11.8. The van der Waals surface area contributed by atoms with Crippen LogP contribution in [0.15, 0.2) is 58.2 Å². The van der Waals surface area contributed by atoms with Gasteiger partial charge in [-0.05, 0) is 57.5 Å². The highest BCUT2D eigenvalue weighted by molar-refractivity contribution is 7.89. The maximum absolute atomic E-state index is 13.8. The number of hydrogen-bond donors (Lipinski definition) is 1. The Morgan fingerprint density at radius 2 is 1.68 bits per heavy atom. The molecule has 5 rings (SSSR count). The Morgan fingerprint density at radius 1 is 1.03 bits per heavy atom. The first-order valence-corrected chi connectivity index (χ1v) is 14.1. The van der Waals surface area contributed by atoms with E-state index in [0.29, 0.717) is 48.8 Å². The monoisotopic (exact) mass is 548 g/mol. The number of primary sulfonamides is 1. The zero-order valence-corrected chi connectivity index (χ0v) is 22.7. The Hall–Kier alpha value is -3.93. The molecule has 0 unspecified atom stereocenters. The average Bonchev–Trinajstić information content (AvgIpc) is 3.21. The standard InChI is InChI=1S/C27H24N4O5S2/c1-5-36-27(33)20-15(3)29-25-22(21(20)17-8-6-14(2)7-9-17)23-24(37-25)26(32)31(16(4)30-23)18-10-12-19(13-11-18)38(28,34)35/h6-13H,5H2,1-4H3,(H2,28,34,35). The number of thiophene rings is 1. The first kappa shape index (κ1) is 25.7. The van der Waals surface area contributed by atoms with Crippen molar-refractivity contribution < 1.29 is 17.9 Å². The van der Waals surface area contributed by atoms with Gasteiger partial charge in [-0.25, -0.2) is 28.3 Å². The molecule has 11 heteroatoms. The number of fused-ring (bicyclic) bond motifs is 3.